The number of esters is 2. The Kier molecular flexibility index (Phi) is 20.5. The summed E-state index contributed by atoms with van der Waals surface area (Å²) in [6, 6.07) is 0. The van der Waals surface area contributed by atoms with E-state index in [2.05, 4.69) is 23.6 Å². The van der Waals surface area contributed by atoms with Crippen LogP contribution in [0.5, 0.6) is 0 Å². The third-order valence-electron chi connectivity index (χ3n) is 4.63. The van der Waals surface area contributed by atoms with E-state index in [9.17, 15) is 19.0 Å². The van der Waals surface area contributed by atoms with Crippen LogP contribution < -0.4 is 5.73 Å². The molecule has 194 valence electrons. The van der Waals surface area contributed by atoms with Crippen molar-refractivity contribution in [2.24, 2.45) is 5.73 Å². The number of phosphoric ester groups is 1. The quantitative estimate of drug-likeness (QED) is 0.0942. The maximum atomic E-state index is 12.2. The number of phosphoric acid groups is 1. The highest BCUT2D eigenvalue weighted by Gasteiger charge is 2.25. The second-order valence-electron chi connectivity index (χ2n) is 7.85. The first-order valence-electron chi connectivity index (χ1n) is 12.2. The Morgan fingerprint density at radius 1 is 0.879 bits per heavy atom. The summed E-state index contributed by atoms with van der Waals surface area (Å²) in [5.41, 5.74) is 5.25. The van der Waals surface area contributed by atoms with Crippen LogP contribution in [0.15, 0.2) is 12.2 Å². The second-order valence-corrected chi connectivity index (χ2v) is 9.30. The van der Waals surface area contributed by atoms with Gasteiger partial charge in [-0.05, 0) is 32.1 Å². The predicted molar refractivity (Wildman–Crippen MR) is 128 cm³/mol. The highest BCUT2D eigenvalue weighted by atomic mass is 31.2. The van der Waals surface area contributed by atoms with Crippen molar-refractivity contribution in [2.75, 3.05) is 26.4 Å². The SMILES string of the molecule is CCC/C=C\CCCCCCCC(=O)OC(COC(=O)CCCC)COP(=O)(O)OCCN. The first-order chi connectivity index (χ1) is 15.8. The molecule has 0 bridgehead atoms. The van der Waals surface area contributed by atoms with Crippen molar-refractivity contribution in [1.29, 1.82) is 0 Å². The fourth-order valence-corrected chi connectivity index (χ4v) is 3.55. The third-order valence-corrected chi connectivity index (χ3v) is 5.62. The highest BCUT2D eigenvalue weighted by Crippen LogP contribution is 2.43. The van der Waals surface area contributed by atoms with E-state index in [1.54, 1.807) is 0 Å². The zero-order valence-corrected chi connectivity index (χ0v) is 21.3. The zero-order chi connectivity index (χ0) is 24.8. The lowest BCUT2D eigenvalue weighted by Gasteiger charge is -2.19. The van der Waals surface area contributed by atoms with Crippen molar-refractivity contribution < 1.29 is 37.6 Å². The number of allylic oxidation sites excluding steroid dienone is 2. The van der Waals surface area contributed by atoms with E-state index >= 15 is 0 Å². The molecule has 0 saturated heterocycles. The fraction of sp³-hybridized carbons (Fsp3) is 0.826. The summed E-state index contributed by atoms with van der Waals surface area (Å²) in [4.78, 5) is 33.6. The summed E-state index contributed by atoms with van der Waals surface area (Å²) in [5.74, 6) is -0.889. The Hall–Kier alpha value is -1.25. The molecule has 0 aliphatic heterocycles. The number of ether oxygens (including phenoxy) is 2. The smallest absolute Gasteiger partial charge is 0.462 e. The van der Waals surface area contributed by atoms with Crippen molar-refractivity contribution >= 4 is 19.8 Å². The van der Waals surface area contributed by atoms with Crippen LogP contribution in [0.4, 0.5) is 0 Å². The average molecular weight is 494 g/mol. The third kappa shape index (κ3) is 21.0. The molecule has 3 N–H and O–H groups in total. The molecule has 0 radical (unpaired) electrons. The Balaban J connectivity index is 4.33. The van der Waals surface area contributed by atoms with Crippen LogP contribution in [-0.4, -0.2) is 49.3 Å². The molecule has 0 aliphatic carbocycles. The Bertz CT molecular complexity index is 585. The van der Waals surface area contributed by atoms with Crippen molar-refractivity contribution in [2.45, 2.75) is 97.0 Å². The van der Waals surface area contributed by atoms with Crippen LogP contribution in [0.3, 0.4) is 0 Å². The minimum Gasteiger partial charge on any atom is -0.462 e. The normalized spacial score (nSPS) is 14.2. The zero-order valence-electron chi connectivity index (χ0n) is 20.4. The molecule has 0 spiro atoms. The molecule has 0 aromatic rings. The van der Waals surface area contributed by atoms with Crippen LogP contribution >= 0.6 is 7.82 Å². The van der Waals surface area contributed by atoms with Crippen molar-refractivity contribution in [3.05, 3.63) is 12.2 Å². The second kappa shape index (κ2) is 21.3. The molecular formula is C23H44NO8P. The number of unbranched alkanes of at least 4 members (excludes halogenated alkanes) is 7. The topological polar surface area (TPSA) is 134 Å². The van der Waals surface area contributed by atoms with Crippen LogP contribution in [0, 0.1) is 0 Å². The van der Waals surface area contributed by atoms with Crippen LogP contribution in [0.25, 0.3) is 0 Å². The fourth-order valence-electron chi connectivity index (χ4n) is 2.79. The molecule has 0 saturated carbocycles. The number of hydrogen-bond donors (Lipinski definition) is 2. The van der Waals surface area contributed by atoms with Gasteiger partial charge in [-0.3, -0.25) is 18.6 Å². The average Bonchev–Trinajstić information content (AvgIpc) is 2.79. The lowest BCUT2D eigenvalue weighted by atomic mass is 10.1. The molecule has 9 nitrogen and oxygen atoms in total. The van der Waals surface area contributed by atoms with Gasteiger partial charge in [-0.2, -0.15) is 0 Å². The number of carbonyl (C=O) groups excluding carboxylic acids is 2. The van der Waals surface area contributed by atoms with Gasteiger partial charge in [-0.25, -0.2) is 4.57 Å². The lowest BCUT2D eigenvalue weighted by Crippen LogP contribution is -2.29. The van der Waals surface area contributed by atoms with Crippen LogP contribution in [-0.2, 0) is 32.7 Å². The largest absolute Gasteiger partial charge is 0.472 e. The van der Waals surface area contributed by atoms with Gasteiger partial charge in [0.05, 0.1) is 13.2 Å². The first-order valence-corrected chi connectivity index (χ1v) is 13.7. The monoisotopic (exact) mass is 493 g/mol. The van der Waals surface area contributed by atoms with Gasteiger partial charge in [0, 0.05) is 19.4 Å². The summed E-state index contributed by atoms with van der Waals surface area (Å²) in [7, 11) is -4.33. The molecule has 0 fully saturated rings. The van der Waals surface area contributed by atoms with E-state index < -0.39 is 32.5 Å². The molecule has 0 aliphatic rings. The van der Waals surface area contributed by atoms with Gasteiger partial charge in [-0.15, -0.1) is 0 Å². The number of nitrogens with two attached hydrogens (primary N) is 1. The molecule has 10 heteroatoms. The molecular weight excluding hydrogens is 449 g/mol. The first kappa shape index (κ1) is 31.8. The Labute approximate surface area is 199 Å². The van der Waals surface area contributed by atoms with Crippen molar-refractivity contribution in [3.63, 3.8) is 0 Å². The molecule has 0 heterocycles. The molecule has 2 atom stereocenters. The van der Waals surface area contributed by atoms with E-state index in [1.807, 2.05) is 6.92 Å². The number of carbonyl (C=O) groups is 2. The molecule has 0 rings (SSSR count). The summed E-state index contributed by atoms with van der Waals surface area (Å²) >= 11 is 0. The van der Waals surface area contributed by atoms with E-state index in [1.165, 1.54) is 6.42 Å². The highest BCUT2D eigenvalue weighted by molar-refractivity contribution is 7.47. The minimum absolute atomic E-state index is 0.0525. The van der Waals surface area contributed by atoms with E-state index in [0.29, 0.717) is 12.8 Å². The maximum Gasteiger partial charge on any atom is 0.472 e. The van der Waals surface area contributed by atoms with Gasteiger partial charge in [0.15, 0.2) is 6.10 Å². The predicted octanol–water partition coefficient (Wildman–Crippen LogP) is 4.81. The van der Waals surface area contributed by atoms with Gasteiger partial charge in [0.25, 0.3) is 0 Å². The van der Waals surface area contributed by atoms with Gasteiger partial charge in [0.1, 0.15) is 6.61 Å². The van der Waals surface area contributed by atoms with Gasteiger partial charge < -0.3 is 20.1 Å². The molecule has 0 aromatic carbocycles. The van der Waals surface area contributed by atoms with Gasteiger partial charge in [-0.1, -0.05) is 58.1 Å². The minimum atomic E-state index is -4.33. The number of hydrogen-bond acceptors (Lipinski definition) is 8. The van der Waals surface area contributed by atoms with E-state index in [-0.39, 0.29) is 32.6 Å². The van der Waals surface area contributed by atoms with Crippen molar-refractivity contribution in [1.82, 2.24) is 0 Å². The van der Waals surface area contributed by atoms with Gasteiger partial charge >= 0.3 is 19.8 Å². The van der Waals surface area contributed by atoms with Crippen LogP contribution in [0.1, 0.15) is 90.9 Å². The lowest BCUT2D eigenvalue weighted by molar-refractivity contribution is -0.161. The van der Waals surface area contributed by atoms with E-state index in [0.717, 1.165) is 44.9 Å². The number of rotatable bonds is 22. The summed E-state index contributed by atoms with van der Waals surface area (Å²) in [6.45, 7) is 3.33. The summed E-state index contributed by atoms with van der Waals surface area (Å²) in [5, 5.41) is 0. The maximum absolute atomic E-state index is 12.2. The molecule has 0 amide bonds. The molecule has 2 unspecified atom stereocenters. The summed E-state index contributed by atoms with van der Waals surface area (Å²) < 4.78 is 31.8. The van der Waals surface area contributed by atoms with Gasteiger partial charge in [0.2, 0.25) is 0 Å². The van der Waals surface area contributed by atoms with Crippen LogP contribution in [0.2, 0.25) is 0 Å². The Morgan fingerprint density at radius 3 is 2.24 bits per heavy atom. The summed E-state index contributed by atoms with van der Waals surface area (Å²) in [6.07, 6.45) is 13.7. The van der Waals surface area contributed by atoms with E-state index in [4.69, 9.17) is 19.7 Å². The standard InChI is InChI=1S/C23H44NO8P/c1-3-5-7-8-9-10-11-12-13-14-16-23(26)32-21(19-29-22(25)15-6-4-2)20-31-33(27,28)30-18-17-24/h7-8,21H,3-6,9-20,24H2,1-2H3,(H,27,28)/b8-7-. The molecule has 0 aromatic heterocycles. The van der Waals surface area contributed by atoms with Crippen molar-refractivity contribution in [3.8, 4) is 0 Å². The molecule has 33 heavy (non-hydrogen) atoms. The Morgan fingerprint density at radius 2 is 1.55 bits per heavy atom.